The summed E-state index contributed by atoms with van der Waals surface area (Å²) in [5.74, 6) is 0.358. The van der Waals surface area contributed by atoms with Gasteiger partial charge in [-0.15, -0.1) is 0 Å². The van der Waals surface area contributed by atoms with Gasteiger partial charge in [0.2, 0.25) is 0 Å². The van der Waals surface area contributed by atoms with Gasteiger partial charge in [0.1, 0.15) is 11.3 Å². The largest absolute Gasteiger partial charge is 0.507 e. The van der Waals surface area contributed by atoms with Crippen molar-refractivity contribution < 1.29 is 23.8 Å². The van der Waals surface area contributed by atoms with E-state index in [2.05, 4.69) is 0 Å². The van der Waals surface area contributed by atoms with Crippen LogP contribution in [0.1, 0.15) is 15.9 Å². The number of phenols is 1. The van der Waals surface area contributed by atoms with Crippen LogP contribution in [0.4, 0.5) is 0 Å². The number of ketones is 1. The van der Waals surface area contributed by atoms with Gasteiger partial charge in [-0.3, -0.25) is 4.79 Å². The lowest BCUT2D eigenvalue weighted by atomic mass is 10.0. The highest BCUT2D eigenvalue weighted by Gasteiger charge is 2.16. The van der Waals surface area contributed by atoms with Gasteiger partial charge >= 0.3 is 5.63 Å². The summed E-state index contributed by atoms with van der Waals surface area (Å²) in [6, 6.07) is 10.9. The van der Waals surface area contributed by atoms with Crippen molar-refractivity contribution in [3.8, 4) is 17.2 Å². The van der Waals surface area contributed by atoms with Crippen molar-refractivity contribution in [3.63, 3.8) is 0 Å². The molecule has 1 heterocycles. The molecule has 0 bridgehead atoms. The average Bonchev–Trinajstić information content (AvgIpc) is 2.65. The quantitative estimate of drug-likeness (QED) is 0.430. The minimum absolute atomic E-state index is 0.0551. The number of rotatable bonds is 5. The minimum atomic E-state index is -0.596. The van der Waals surface area contributed by atoms with Gasteiger partial charge in [0.25, 0.3) is 0 Å². The lowest BCUT2D eigenvalue weighted by Crippen LogP contribution is -2.01. The van der Waals surface area contributed by atoms with Crippen molar-refractivity contribution in [2.75, 3.05) is 14.2 Å². The number of allylic oxidation sites excluding steroid dienone is 1. The standard InChI is InChI=1S/C20H16O6/c1-24-16-9-4-12(11-17(16)25-2)3-7-14(21)19-15(22)8-5-13-6-10-18(23)26-20(13)19/h3-11,22H,1-2H3/b7-3+. The zero-order valence-corrected chi connectivity index (χ0v) is 14.2. The van der Waals surface area contributed by atoms with E-state index in [0.29, 0.717) is 22.4 Å². The van der Waals surface area contributed by atoms with Crippen LogP contribution in [0.25, 0.3) is 17.0 Å². The third-order valence-electron chi connectivity index (χ3n) is 3.85. The first-order valence-corrected chi connectivity index (χ1v) is 7.73. The molecule has 6 heteroatoms. The van der Waals surface area contributed by atoms with Crippen LogP contribution in [0.15, 0.2) is 57.8 Å². The number of ether oxygens (including phenoxy) is 2. The van der Waals surface area contributed by atoms with Crippen LogP contribution in [0, 0.1) is 0 Å². The summed E-state index contributed by atoms with van der Waals surface area (Å²) in [6.07, 6.45) is 2.87. The maximum absolute atomic E-state index is 12.6. The number of fused-ring (bicyclic) bond motifs is 1. The number of aromatic hydroxyl groups is 1. The van der Waals surface area contributed by atoms with Gasteiger partial charge in [-0.05, 0) is 42.0 Å². The SMILES string of the molecule is COc1ccc(/C=C/C(=O)c2c(O)ccc3ccc(=O)oc23)cc1OC. The number of hydrogen-bond acceptors (Lipinski definition) is 6. The van der Waals surface area contributed by atoms with Gasteiger partial charge in [0, 0.05) is 11.5 Å². The fourth-order valence-corrected chi connectivity index (χ4v) is 2.57. The molecule has 0 amide bonds. The second kappa shape index (κ2) is 7.14. The molecule has 6 nitrogen and oxygen atoms in total. The molecule has 1 aromatic heterocycles. The Hall–Kier alpha value is -3.54. The van der Waals surface area contributed by atoms with E-state index in [1.54, 1.807) is 30.3 Å². The first-order chi connectivity index (χ1) is 12.5. The lowest BCUT2D eigenvalue weighted by molar-refractivity contribution is 0.104. The second-order valence-corrected chi connectivity index (χ2v) is 5.44. The Bertz CT molecular complexity index is 1060. The summed E-state index contributed by atoms with van der Waals surface area (Å²) in [6.45, 7) is 0. The molecule has 0 unspecified atom stereocenters. The first kappa shape index (κ1) is 17.3. The van der Waals surface area contributed by atoms with E-state index in [1.807, 2.05) is 0 Å². The number of benzene rings is 2. The van der Waals surface area contributed by atoms with Crippen LogP contribution < -0.4 is 15.1 Å². The summed E-state index contributed by atoms with van der Waals surface area (Å²) in [4.78, 5) is 24.1. The van der Waals surface area contributed by atoms with Crippen molar-refractivity contribution in [1.29, 1.82) is 0 Å². The second-order valence-electron chi connectivity index (χ2n) is 5.44. The lowest BCUT2D eigenvalue weighted by Gasteiger charge is -2.07. The summed E-state index contributed by atoms with van der Waals surface area (Å²) >= 11 is 0. The van der Waals surface area contributed by atoms with E-state index in [-0.39, 0.29) is 16.9 Å². The third kappa shape index (κ3) is 3.30. The van der Waals surface area contributed by atoms with Crippen molar-refractivity contribution in [1.82, 2.24) is 0 Å². The number of phenolic OH excluding ortho intramolecular Hbond substituents is 1. The molecular weight excluding hydrogens is 336 g/mol. The fourth-order valence-electron chi connectivity index (χ4n) is 2.57. The Morgan fingerprint density at radius 1 is 1.04 bits per heavy atom. The number of carbonyl (C=O) groups is 1. The Morgan fingerprint density at radius 3 is 2.50 bits per heavy atom. The van der Waals surface area contributed by atoms with Gasteiger partial charge in [0.15, 0.2) is 22.9 Å². The van der Waals surface area contributed by atoms with E-state index in [0.717, 1.165) is 0 Å². The summed E-state index contributed by atoms with van der Waals surface area (Å²) in [5.41, 5.74) is 0.106. The molecule has 26 heavy (non-hydrogen) atoms. The molecule has 0 radical (unpaired) electrons. The van der Waals surface area contributed by atoms with Crippen molar-refractivity contribution in [3.05, 3.63) is 70.1 Å². The molecule has 0 saturated heterocycles. The van der Waals surface area contributed by atoms with E-state index >= 15 is 0 Å². The monoisotopic (exact) mass is 352 g/mol. The Labute approximate surface area is 148 Å². The molecule has 0 saturated carbocycles. The van der Waals surface area contributed by atoms with E-state index in [9.17, 15) is 14.7 Å². The fraction of sp³-hybridized carbons (Fsp3) is 0.100. The van der Waals surface area contributed by atoms with Crippen LogP contribution in [-0.2, 0) is 0 Å². The third-order valence-corrected chi connectivity index (χ3v) is 3.85. The maximum atomic E-state index is 12.6. The Morgan fingerprint density at radius 2 is 1.77 bits per heavy atom. The van der Waals surface area contributed by atoms with Crippen LogP contribution in [0.3, 0.4) is 0 Å². The highest BCUT2D eigenvalue weighted by Crippen LogP contribution is 2.29. The molecule has 0 spiro atoms. The van der Waals surface area contributed by atoms with Crippen molar-refractivity contribution in [2.45, 2.75) is 0 Å². The van der Waals surface area contributed by atoms with Crippen molar-refractivity contribution >= 4 is 22.8 Å². The summed E-state index contributed by atoms with van der Waals surface area (Å²) in [5, 5.41) is 10.6. The minimum Gasteiger partial charge on any atom is -0.507 e. The van der Waals surface area contributed by atoms with Crippen LogP contribution in [0.2, 0.25) is 0 Å². The van der Waals surface area contributed by atoms with Crippen LogP contribution in [0.5, 0.6) is 17.2 Å². The van der Waals surface area contributed by atoms with Crippen molar-refractivity contribution in [2.24, 2.45) is 0 Å². The number of carbonyl (C=O) groups excluding carboxylic acids is 1. The molecule has 0 aliphatic heterocycles. The molecule has 0 aliphatic carbocycles. The molecule has 3 aromatic rings. The maximum Gasteiger partial charge on any atom is 0.336 e. The summed E-state index contributed by atoms with van der Waals surface area (Å²) in [7, 11) is 3.06. The highest BCUT2D eigenvalue weighted by atomic mass is 16.5. The molecular formula is C20H16O6. The molecule has 0 aliphatic rings. The van der Waals surface area contributed by atoms with E-state index in [1.165, 1.54) is 38.5 Å². The molecule has 3 rings (SSSR count). The molecule has 0 atom stereocenters. The normalized spacial score (nSPS) is 11.0. The topological polar surface area (TPSA) is 86.0 Å². The van der Waals surface area contributed by atoms with Crippen LogP contribution in [-0.4, -0.2) is 25.1 Å². The zero-order valence-electron chi connectivity index (χ0n) is 14.2. The summed E-state index contributed by atoms with van der Waals surface area (Å²) < 4.78 is 15.5. The van der Waals surface area contributed by atoms with Crippen LogP contribution >= 0.6 is 0 Å². The van der Waals surface area contributed by atoms with Gasteiger partial charge < -0.3 is 19.0 Å². The van der Waals surface area contributed by atoms with Gasteiger partial charge in [0.05, 0.1) is 14.2 Å². The van der Waals surface area contributed by atoms with Gasteiger partial charge in [-0.2, -0.15) is 0 Å². The first-order valence-electron chi connectivity index (χ1n) is 7.73. The van der Waals surface area contributed by atoms with Gasteiger partial charge in [-0.1, -0.05) is 12.1 Å². The predicted octanol–water partition coefficient (Wildman–Crippen LogP) is 3.41. The Balaban J connectivity index is 1.99. The highest BCUT2D eigenvalue weighted by molar-refractivity contribution is 6.15. The molecule has 2 aromatic carbocycles. The van der Waals surface area contributed by atoms with E-state index < -0.39 is 11.4 Å². The van der Waals surface area contributed by atoms with E-state index in [4.69, 9.17) is 13.9 Å². The zero-order chi connectivity index (χ0) is 18.7. The average molecular weight is 352 g/mol. The van der Waals surface area contributed by atoms with Gasteiger partial charge in [-0.25, -0.2) is 4.79 Å². The predicted molar refractivity (Wildman–Crippen MR) is 97.1 cm³/mol. The molecule has 1 N–H and O–H groups in total. The smallest absolute Gasteiger partial charge is 0.336 e. The number of methoxy groups -OCH3 is 2. The molecule has 132 valence electrons. The molecule has 0 fully saturated rings. The number of hydrogen-bond donors (Lipinski definition) is 1. The Kier molecular flexibility index (Phi) is 4.75.